The zero-order valence-corrected chi connectivity index (χ0v) is 13.9. The van der Waals surface area contributed by atoms with Crippen LogP contribution in [0, 0.1) is 12.3 Å². The second kappa shape index (κ2) is 5.46. The number of aromatic nitrogens is 3. The van der Waals surface area contributed by atoms with Crippen LogP contribution in [0.25, 0.3) is 5.65 Å². The van der Waals surface area contributed by atoms with Crippen LogP contribution >= 0.6 is 11.6 Å². The average Bonchev–Trinajstić information content (AvgIpc) is 3.09. The SMILES string of the molecule is Cc1cnc2c(Cl)c(C(=O)N3CC[C@]4(CCCNC4)C3)nn2c1. The number of hydrogen-bond donors (Lipinski definition) is 1. The third-order valence-corrected chi connectivity index (χ3v) is 5.38. The zero-order chi connectivity index (χ0) is 16.0. The first-order chi connectivity index (χ1) is 11.1. The molecule has 0 bridgehead atoms. The number of rotatable bonds is 1. The van der Waals surface area contributed by atoms with Crippen molar-refractivity contribution in [2.24, 2.45) is 5.41 Å². The van der Waals surface area contributed by atoms with Gasteiger partial charge in [-0.1, -0.05) is 11.6 Å². The Morgan fingerprint density at radius 2 is 2.30 bits per heavy atom. The third-order valence-electron chi connectivity index (χ3n) is 5.03. The average molecular weight is 334 g/mol. The first-order valence-corrected chi connectivity index (χ1v) is 8.46. The highest BCUT2D eigenvalue weighted by atomic mass is 35.5. The van der Waals surface area contributed by atoms with E-state index in [4.69, 9.17) is 11.6 Å². The summed E-state index contributed by atoms with van der Waals surface area (Å²) in [5.74, 6) is -0.0828. The number of amides is 1. The van der Waals surface area contributed by atoms with E-state index in [2.05, 4.69) is 15.4 Å². The van der Waals surface area contributed by atoms with E-state index >= 15 is 0 Å². The fourth-order valence-electron chi connectivity index (χ4n) is 3.77. The predicted molar refractivity (Wildman–Crippen MR) is 87.8 cm³/mol. The maximum absolute atomic E-state index is 12.9. The van der Waals surface area contributed by atoms with Crippen LogP contribution in [-0.4, -0.2) is 51.6 Å². The molecule has 1 N–H and O–H groups in total. The molecule has 2 saturated heterocycles. The summed E-state index contributed by atoms with van der Waals surface area (Å²) in [6.07, 6.45) is 6.98. The Morgan fingerprint density at radius 3 is 3.09 bits per heavy atom. The van der Waals surface area contributed by atoms with Crippen molar-refractivity contribution in [1.29, 1.82) is 0 Å². The van der Waals surface area contributed by atoms with Crippen LogP contribution in [0.1, 0.15) is 35.3 Å². The van der Waals surface area contributed by atoms with Gasteiger partial charge in [-0.15, -0.1) is 0 Å². The van der Waals surface area contributed by atoms with Crippen LogP contribution in [-0.2, 0) is 0 Å². The summed E-state index contributed by atoms with van der Waals surface area (Å²) in [6, 6.07) is 0. The molecule has 0 aliphatic carbocycles. The second-order valence-corrected chi connectivity index (χ2v) is 7.20. The van der Waals surface area contributed by atoms with E-state index in [1.807, 2.05) is 18.0 Å². The monoisotopic (exact) mass is 333 g/mol. The van der Waals surface area contributed by atoms with Gasteiger partial charge in [0.25, 0.3) is 5.91 Å². The van der Waals surface area contributed by atoms with Crippen LogP contribution < -0.4 is 5.32 Å². The molecule has 0 saturated carbocycles. The molecule has 2 aliphatic rings. The minimum Gasteiger partial charge on any atom is -0.337 e. The molecule has 1 atom stereocenters. The fourth-order valence-corrected chi connectivity index (χ4v) is 4.03. The van der Waals surface area contributed by atoms with Gasteiger partial charge in [0.2, 0.25) is 0 Å². The van der Waals surface area contributed by atoms with E-state index < -0.39 is 0 Å². The van der Waals surface area contributed by atoms with Crippen LogP contribution in [0.15, 0.2) is 12.4 Å². The lowest BCUT2D eigenvalue weighted by Crippen LogP contribution is -2.42. The van der Waals surface area contributed by atoms with Crippen LogP contribution in [0.5, 0.6) is 0 Å². The van der Waals surface area contributed by atoms with Gasteiger partial charge in [0.05, 0.1) is 0 Å². The Balaban J connectivity index is 1.61. The first-order valence-electron chi connectivity index (χ1n) is 8.09. The van der Waals surface area contributed by atoms with Gasteiger partial charge < -0.3 is 10.2 Å². The van der Waals surface area contributed by atoms with E-state index in [1.54, 1.807) is 10.7 Å². The van der Waals surface area contributed by atoms with Gasteiger partial charge in [0, 0.05) is 37.4 Å². The molecule has 2 aromatic heterocycles. The predicted octanol–water partition coefficient (Wildman–Crippen LogP) is 1.91. The summed E-state index contributed by atoms with van der Waals surface area (Å²) < 4.78 is 1.60. The Kier molecular flexibility index (Phi) is 3.54. The number of likely N-dealkylation sites (tertiary alicyclic amines) is 1. The fraction of sp³-hybridized carbons (Fsp3) is 0.562. The van der Waals surface area contributed by atoms with Crippen molar-refractivity contribution in [2.45, 2.75) is 26.2 Å². The first kappa shape index (κ1) is 14.9. The molecule has 4 rings (SSSR count). The van der Waals surface area contributed by atoms with Crippen LogP contribution in [0.3, 0.4) is 0 Å². The van der Waals surface area contributed by atoms with Crippen molar-refractivity contribution < 1.29 is 4.79 Å². The van der Waals surface area contributed by atoms with Crippen molar-refractivity contribution in [3.8, 4) is 0 Å². The molecule has 7 heteroatoms. The number of nitrogens with zero attached hydrogens (tertiary/aromatic N) is 4. The van der Waals surface area contributed by atoms with E-state index in [0.29, 0.717) is 16.4 Å². The van der Waals surface area contributed by atoms with Crippen LogP contribution in [0.4, 0.5) is 0 Å². The summed E-state index contributed by atoms with van der Waals surface area (Å²) in [5, 5.41) is 8.17. The molecule has 1 amide bonds. The maximum atomic E-state index is 12.9. The molecule has 1 spiro atoms. The van der Waals surface area contributed by atoms with E-state index in [0.717, 1.165) is 38.2 Å². The quantitative estimate of drug-likeness (QED) is 0.866. The van der Waals surface area contributed by atoms with Gasteiger partial charge >= 0.3 is 0 Å². The molecule has 2 fully saturated rings. The van der Waals surface area contributed by atoms with E-state index in [1.165, 1.54) is 12.8 Å². The standard InChI is InChI=1S/C16H20ClN5O/c1-11-7-19-14-12(17)13(20-22(14)8-11)15(23)21-6-4-16(10-21)3-2-5-18-9-16/h7-8,18H,2-6,9-10H2,1H3/t16-/m0/s1. The molecule has 2 aliphatic heterocycles. The molecule has 6 nitrogen and oxygen atoms in total. The Morgan fingerprint density at radius 1 is 1.43 bits per heavy atom. The largest absolute Gasteiger partial charge is 0.337 e. The van der Waals surface area contributed by atoms with Crippen molar-refractivity contribution >= 4 is 23.2 Å². The number of carbonyl (C=O) groups is 1. The van der Waals surface area contributed by atoms with Gasteiger partial charge in [-0.25, -0.2) is 9.50 Å². The minimum atomic E-state index is -0.0828. The molecule has 2 aromatic rings. The van der Waals surface area contributed by atoms with Gasteiger partial charge in [-0.3, -0.25) is 4.79 Å². The Bertz CT molecular complexity index is 765. The molecule has 23 heavy (non-hydrogen) atoms. The van der Waals surface area contributed by atoms with Crippen molar-refractivity contribution in [3.05, 3.63) is 28.7 Å². The smallest absolute Gasteiger partial charge is 0.276 e. The van der Waals surface area contributed by atoms with E-state index in [-0.39, 0.29) is 11.3 Å². The van der Waals surface area contributed by atoms with Gasteiger partial charge in [-0.05, 0) is 38.3 Å². The summed E-state index contributed by atoms with van der Waals surface area (Å²) in [6.45, 7) is 5.58. The van der Waals surface area contributed by atoms with Gasteiger partial charge in [-0.2, -0.15) is 5.10 Å². The number of carbonyl (C=O) groups excluding carboxylic acids is 1. The molecular weight excluding hydrogens is 314 g/mol. The number of hydrogen-bond acceptors (Lipinski definition) is 4. The number of nitrogens with one attached hydrogen (secondary N) is 1. The van der Waals surface area contributed by atoms with Crippen molar-refractivity contribution in [1.82, 2.24) is 24.8 Å². The summed E-state index contributed by atoms with van der Waals surface area (Å²) in [5.41, 5.74) is 2.05. The highest BCUT2D eigenvalue weighted by Gasteiger charge is 2.41. The molecule has 0 radical (unpaired) electrons. The summed E-state index contributed by atoms with van der Waals surface area (Å²) in [4.78, 5) is 19.0. The zero-order valence-electron chi connectivity index (χ0n) is 13.2. The highest BCUT2D eigenvalue weighted by Crippen LogP contribution is 2.37. The van der Waals surface area contributed by atoms with Gasteiger partial charge in [0.1, 0.15) is 5.02 Å². The molecule has 0 aromatic carbocycles. The lowest BCUT2D eigenvalue weighted by molar-refractivity contribution is 0.0758. The number of piperidine rings is 1. The third kappa shape index (κ3) is 2.50. The number of fused-ring (bicyclic) bond motifs is 1. The number of halogens is 1. The highest BCUT2D eigenvalue weighted by molar-refractivity contribution is 6.36. The van der Waals surface area contributed by atoms with Crippen molar-refractivity contribution in [3.63, 3.8) is 0 Å². The Labute approximate surface area is 139 Å². The van der Waals surface area contributed by atoms with Gasteiger partial charge in [0.15, 0.2) is 11.3 Å². The molecular formula is C16H20ClN5O. The van der Waals surface area contributed by atoms with E-state index in [9.17, 15) is 4.79 Å². The minimum absolute atomic E-state index is 0.0828. The maximum Gasteiger partial charge on any atom is 0.276 e. The second-order valence-electron chi connectivity index (χ2n) is 6.82. The Hall–Kier alpha value is -1.66. The topological polar surface area (TPSA) is 62.5 Å². The number of aryl methyl sites for hydroxylation is 1. The lowest BCUT2D eigenvalue weighted by Gasteiger charge is -2.33. The summed E-state index contributed by atoms with van der Waals surface area (Å²) >= 11 is 6.35. The molecule has 4 heterocycles. The normalized spacial score (nSPS) is 24.7. The van der Waals surface area contributed by atoms with Crippen molar-refractivity contribution in [2.75, 3.05) is 26.2 Å². The lowest BCUT2D eigenvalue weighted by atomic mass is 9.80. The van der Waals surface area contributed by atoms with Crippen LogP contribution in [0.2, 0.25) is 5.02 Å². The molecule has 122 valence electrons. The molecule has 0 unspecified atom stereocenters. The summed E-state index contributed by atoms with van der Waals surface area (Å²) in [7, 11) is 0.